The molecule has 3 rings (SSSR count). The molecule has 0 spiro atoms. The van der Waals surface area contributed by atoms with E-state index in [4.69, 9.17) is 16.3 Å². The van der Waals surface area contributed by atoms with E-state index in [-0.39, 0.29) is 33.2 Å². The second-order valence-electron chi connectivity index (χ2n) is 7.82. The van der Waals surface area contributed by atoms with E-state index in [1.54, 1.807) is 20.2 Å². The number of hydrogen-bond acceptors (Lipinski definition) is 5. The van der Waals surface area contributed by atoms with Crippen LogP contribution >= 0.6 is 11.6 Å². The van der Waals surface area contributed by atoms with Crippen molar-refractivity contribution in [2.45, 2.75) is 36.6 Å². The summed E-state index contributed by atoms with van der Waals surface area (Å²) in [5.41, 5.74) is 0.826. The van der Waals surface area contributed by atoms with E-state index in [9.17, 15) is 18.0 Å². The first kappa shape index (κ1) is 24.0. The summed E-state index contributed by atoms with van der Waals surface area (Å²) < 4.78 is 33.8. The molecule has 2 aromatic rings. The third-order valence-electron chi connectivity index (χ3n) is 5.26. The van der Waals surface area contributed by atoms with E-state index >= 15 is 0 Å². The van der Waals surface area contributed by atoms with Crippen LogP contribution in [0.4, 0.5) is 5.69 Å². The number of nitrogens with zero attached hydrogens (tertiary/aromatic N) is 1. The standard InChI is InChI=1S/C22H26ClN3O5S/c1-26(2)22(28)17-10-9-16(13-18(17)23)24-21(27)14-8-11-19(31-3)20(12-14)32(29,30)25-15-6-4-5-7-15/h8-13,15,25H,4-7H2,1-3H3,(H,24,27). The van der Waals surface area contributed by atoms with Crippen molar-refractivity contribution in [2.75, 3.05) is 26.5 Å². The first-order valence-electron chi connectivity index (χ1n) is 10.2. The molecule has 2 N–H and O–H groups in total. The number of rotatable bonds is 7. The summed E-state index contributed by atoms with van der Waals surface area (Å²) in [6.45, 7) is 0. The van der Waals surface area contributed by atoms with Crippen LogP contribution in [0, 0.1) is 0 Å². The highest BCUT2D eigenvalue weighted by molar-refractivity contribution is 7.89. The smallest absolute Gasteiger partial charge is 0.255 e. The van der Waals surface area contributed by atoms with Gasteiger partial charge in [-0.3, -0.25) is 9.59 Å². The summed E-state index contributed by atoms with van der Waals surface area (Å²) >= 11 is 6.20. The van der Waals surface area contributed by atoms with Gasteiger partial charge in [-0.25, -0.2) is 13.1 Å². The summed E-state index contributed by atoms with van der Waals surface area (Å²) in [7, 11) is 0.746. The predicted molar refractivity (Wildman–Crippen MR) is 123 cm³/mol. The lowest BCUT2D eigenvalue weighted by molar-refractivity contribution is 0.0827. The van der Waals surface area contributed by atoms with Crippen LogP contribution in [-0.2, 0) is 10.0 Å². The van der Waals surface area contributed by atoms with Crippen molar-refractivity contribution >= 4 is 39.1 Å². The predicted octanol–water partition coefficient (Wildman–Crippen LogP) is 3.52. The van der Waals surface area contributed by atoms with Gasteiger partial charge in [0.05, 0.1) is 17.7 Å². The topological polar surface area (TPSA) is 105 Å². The van der Waals surface area contributed by atoms with Gasteiger partial charge in [-0.05, 0) is 49.2 Å². The average Bonchev–Trinajstić information content (AvgIpc) is 3.25. The number of carbonyl (C=O) groups excluding carboxylic acids is 2. The second kappa shape index (κ2) is 9.89. The van der Waals surface area contributed by atoms with Crippen molar-refractivity contribution in [3.8, 4) is 5.75 Å². The van der Waals surface area contributed by atoms with Crippen LogP contribution in [0.3, 0.4) is 0 Å². The Morgan fingerprint density at radius 3 is 2.38 bits per heavy atom. The summed E-state index contributed by atoms with van der Waals surface area (Å²) in [6, 6.07) is 8.65. The molecule has 0 unspecified atom stereocenters. The molecule has 0 aromatic heterocycles. The number of methoxy groups -OCH3 is 1. The zero-order valence-corrected chi connectivity index (χ0v) is 19.7. The Labute approximate surface area is 192 Å². The molecule has 1 fully saturated rings. The number of ether oxygens (including phenoxy) is 1. The summed E-state index contributed by atoms with van der Waals surface area (Å²) in [4.78, 5) is 26.2. The molecular weight excluding hydrogens is 454 g/mol. The van der Waals surface area contributed by atoms with Gasteiger partial charge in [-0.15, -0.1) is 0 Å². The van der Waals surface area contributed by atoms with Gasteiger partial charge >= 0.3 is 0 Å². The fraction of sp³-hybridized carbons (Fsp3) is 0.364. The van der Waals surface area contributed by atoms with Gasteiger partial charge in [-0.2, -0.15) is 0 Å². The van der Waals surface area contributed by atoms with Gasteiger partial charge in [0, 0.05) is 31.4 Å². The molecule has 0 heterocycles. The van der Waals surface area contributed by atoms with Crippen LogP contribution in [0.2, 0.25) is 5.02 Å². The first-order valence-corrected chi connectivity index (χ1v) is 12.0. The molecule has 32 heavy (non-hydrogen) atoms. The normalized spacial score (nSPS) is 14.2. The fourth-order valence-corrected chi connectivity index (χ4v) is 5.33. The lowest BCUT2D eigenvalue weighted by Gasteiger charge is -2.16. The monoisotopic (exact) mass is 479 g/mol. The quantitative estimate of drug-likeness (QED) is 0.632. The van der Waals surface area contributed by atoms with E-state index in [0.29, 0.717) is 11.3 Å². The maximum Gasteiger partial charge on any atom is 0.255 e. The molecule has 1 aliphatic carbocycles. The van der Waals surface area contributed by atoms with Crippen LogP contribution in [0.25, 0.3) is 0 Å². The van der Waals surface area contributed by atoms with Crippen LogP contribution < -0.4 is 14.8 Å². The van der Waals surface area contributed by atoms with Crippen LogP contribution in [0.15, 0.2) is 41.3 Å². The Kier molecular flexibility index (Phi) is 7.43. The fourth-order valence-electron chi connectivity index (χ4n) is 3.56. The van der Waals surface area contributed by atoms with Gasteiger partial charge in [0.15, 0.2) is 0 Å². The lowest BCUT2D eigenvalue weighted by atomic mass is 10.1. The van der Waals surface area contributed by atoms with Crippen molar-refractivity contribution in [1.82, 2.24) is 9.62 Å². The van der Waals surface area contributed by atoms with E-state index in [0.717, 1.165) is 25.7 Å². The summed E-state index contributed by atoms with van der Waals surface area (Å²) in [6.07, 6.45) is 3.53. The largest absolute Gasteiger partial charge is 0.495 e. The molecule has 0 saturated heterocycles. The van der Waals surface area contributed by atoms with Crippen LogP contribution in [0.5, 0.6) is 5.75 Å². The van der Waals surface area contributed by atoms with Gasteiger partial charge < -0.3 is 15.0 Å². The van der Waals surface area contributed by atoms with Crippen molar-refractivity contribution < 1.29 is 22.7 Å². The molecule has 0 bridgehead atoms. The minimum Gasteiger partial charge on any atom is -0.495 e. The van der Waals surface area contributed by atoms with E-state index in [2.05, 4.69) is 10.0 Å². The van der Waals surface area contributed by atoms with E-state index in [1.807, 2.05) is 0 Å². The number of carbonyl (C=O) groups is 2. The number of sulfonamides is 1. The lowest BCUT2D eigenvalue weighted by Crippen LogP contribution is -2.33. The van der Waals surface area contributed by atoms with Crippen LogP contribution in [0.1, 0.15) is 46.4 Å². The second-order valence-corrected chi connectivity index (χ2v) is 9.91. The zero-order chi connectivity index (χ0) is 23.5. The molecule has 0 atom stereocenters. The van der Waals surface area contributed by atoms with E-state index in [1.165, 1.54) is 42.3 Å². The first-order chi connectivity index (χ1) is 15.1. The number of anilines is 1. The molecule has 0 aliphatic heterocycles. The average molecular weight is 480 g/mol. The Balaban J connectivity index is 1.83. The number of benzene rings is 2. The summed E-state index contributed by atoms with van der Waals surface area (Å²) in [5.74, 6) is -0.623. The SMILES string of the molecule is COc1ccc(C(=O)Nc2ccc(C(=O)N(C)C)c(Cl)c2)cc1S(=O)(=O)NC1CCCC1. The number of amides is 2. The Bertz CT molecular complexity index is 1130. The molecule has 172 valence electrons. The minimum absolute atomic E-state index is 0.0930. The molecule has 1 saturated carbocycles. The maximum atomic E-state index is 12.9. The Hall–Kier alpha value is -2.62. The molecule has 8 nitrogen and oxygen atoms in total. The van der Waals surface area contributed by atoms with Crippen molar-refractivity contribution in [3.63, 3.8) is 0 Å². The Morgan fingerprint density at radius 1 is 1.09 bits per heavy atom. The molecule has 2 amide bonds. The van der Waals surface area contributed by atoms with Crippen LogP contribution in [-0.4, -0.2) is 52.4 Å². The number of nitrogens with one attached hydrogen (secondary N) is 2. The van der Waals surface area contributed by atoms with Gasteiger partial charge in [0.2, 0.25) is 10.0 Å². The Morgan fingerprint density at radius 2 is 1.78 bits per heavy atom. The minimum atomic E-state index is -3.86. The van der Waals surface area contributed by atoms with Crippen molar-refractivity contribution in [3.05, 3.63) is 52.5 Å². The molecule has 1 aliphatic rings. The highest BCUT2D eigenvalue weighted by atomic mass is 35.5. The summed E-state index contributed by atoms with van der Waals surface area (Å²) in [5, 5.41) is 2.87. The third-order valence-corrected chi connectivity index (χ3v) is 7.11. The number of hydrogen-bond donors (Lipinski definition) is 2. The van der Waals surface area contributed by atoms with Crippen molar-refractivity contribution in [1.29, 1.82) is 0 Å². The highest BCUT2D eigenvalue weighted by Gasteiger charge is 2.26. The van der Waals surface area contributed by atoms with E-state index < -0.39 is 15.9 Å². The number of halogens is 1. The van der Waals surface area contributed by atoms with Crippen molar-refractivity contribution in [2.24, 2.45) is 0 Å². The van der Waals surface area contributed by atoms with Gasteiger partial charge in [0.1, 0.15) is 10.6 Å². The van der Waals surface area contributed by atoms with Gasteiger partial charge in [-0.1, -0.05) is 24.4 Å². The molecule has 2 aromatic carbocycles. The molecule has 0 radical (unpaired) electrons. The third kappa shape index (κ3) is 5.40. The maximum absolute atomic E-state index is 12.9. The highest BCUT2D eigenvalue weighted by Crippen LogP contribution is 2.28. The van der Waals surface area contributed by atoms with Gasteiger partial charge in [0.25, 0.3) is 11.8 Å². The molecular formula is C22H26ClN3O5S. The molecule has 10 heteroatoms. The zero-order valence-electron chi connectivity index (χ0n) is 18.1.